The molecule has 1 aromatic heterocycles. The molecule has 1 unspecified atom stereocenters. The lowest BCUT2D eigenvalue weighted by atomic mass is 9.94. The second-order valence-corrected chi connectivity index (χ2v) is 4.95. The summed E-state index contributed by atoms with van der Waals surface area (Å²) in [5.74, 6) is 1.46. The molecule has 0 aliphatic carbocycles. The first kappa shape index (κ1) is 13.1. The summed E-state index contributed by atoms with van der Waals surface area (Å²) < 4.78 is 10.6. The molecule has 5 heteroatoms. The van der Waals surface area contributed by atoms with Crippen molar-refractivity contribution in [2.24, 2.45) is 11.7 Å². The van der Waals surface area contributed by atoms with Crippen molar-refractivity contribution < 1.29 is 9.26 Å². The molecule has 0 saturated heterocycles. The first-order chi connectivity index (χ1) is 7.42. The lowest BCUT2D eigenvalue weighted by Gasteiger charge is -2.17. The third-order valence-electron chi connectivity index (χ3n) is 2.64. The number of aromatic nitrogens is 2. The number of hydrogen-bond donors (Lipinski definition) is 1. The zero-order valence-electron chi connectivity index (χ0n) is 10.7. The summed E-state index contributed by atoms with van der Waals surface area (Å²) in [6.07, 6.45) is -0.133. The zero-order valence-corrected chi connectivity index (χ0v) is 10.7. The third-order valence-corrected chi connectivity index (χ3v) is 2.64. The number of rotatable bonds is 5. The van der Waals surface area contributed by atoms with E-state index in [-0.39, 0.29) is 11.5 Å². The Morgan fingerprint density at radius 1 is 1.44 bits per heavy atom. The fraction of sp³-hybridized carbons (Fsp3) is 0.818. The maximum absolute atomic E-state index is 5.66. The quantitative estimate of drug-likeness (QED) is 0.827. The zero-order chi connectivity index (χ0) is 12.3. The van der Waals surface area contributed by atoms with Gasteiger partial charge in [-0.15, -0.1) is 0 Å². The number of methoxy groups -OCH3 is 1. The molecule has 0 radical (unpaired) electrons. The van der Waals surface area contributed by atoms with Gasteiger partial charge in [-0.3, -0.25) is 0 Å². The van der Waals surface area contributed by atoms with Crippen molar-refractivity contribution in [3.8, 4) is 0 Å². The van der Waals surface area contributed by atoms with E-state index in [2.05, 4.69) is 24.0 Å². The predicted octanol–water partition coefficient (Wildman–Crippen LogP) is 1.65. The molecular weight excluding hydrogens is 206 g/mol. The highest BCUT2D eigenvalue weighted by Crippen LogP contribution is 2.26. The summed E-state index contributed by atoms with van der Waals surface area (Å²) in [5, 5.41) is 3.96. The smallest absolute Gasteiger partial charge is 0.233 e. The molecule has 0 fully saturated rings. The van der Waals surface area contributed by atoms with Gasteiger partial charge in [-0.25, -0.2) is 0 Å². The van der Waals surface area contributed by atoms with Crippen LogP contribution in [-0.2, 0) is 10.2 Å². The second-order valence-electron chi connectivity index (χ2n) is 4.95. The monoisotopic (exact) mass is 227 g/mol. The Morgan fingerprint density at radius 3 is 2.50 bits per heavy atom. The number of nitrogens with two attached hydrogens (primary N) is 1. The highest BCUT2D eigenvalue weighted by Gasteiger charge is 2.29. The molecular formula is C11H21N3O2. The Balaban J connectivity index is 2.94. The van der Waals surface area contributed by atoms with E-state index >= 15 is 0 Å². The van der Waals surface area contributed by atoms with E-state index in [1.807, 2.05) is 13.8 Å². The van der Waals surface area contributed by atoms with Crippen LogP contribution >= 0.6 is 0 Å². The van der Waals surface area contributed by atoms with E-state index < -0.39 is 0 Å². The number of nitrogens with zero attached hydrogens (tertiary/aromatic N) is 2. The van der Waals surface area contributed by atoms with Crippen molar-refractivity contribution in [2.45, 2.75) is 39.2 Å². The summed E-state index contributed by atoms with van der Waals surface area (Å²) in [6.45, 7) is 8.52. The maximum atomic E-state index is 5.66. The molecule has 0 amide bonds. The molecule has 92 valence electrons. The summed E-state index contributed by atoms with van der Waals surface area (Å²) >= 11 is 0. The molecule has 1 rings (SSSR count). The molecule has 1 aromatic rings. The van der Waals surface area contributed by atoms with Gasteiger partial charge < -0.3 is 15.0 Å². The van der Waals surface area contributed by atoms with Crippen LogP contribution in [0, 0.1) is 5.92 Å². The lowest BCUT2D eigenvalue weighted by molar-refractivity contribution is 0.0555. The van der Waals surface area contributed by atoms with E-state index in [1.165, 1.54) is 0 Å². The van der Waals surface area contributed by atoms with Crippen LogP contribution in [0.3, 0.4) is 0 Å². The largest absolute Gasteiger partial charge is 0.373 e. The minimum absolute atomic E-state index is 0.133. The fourth-order valence-electron chi connectivity index (χ4n) is 1.39. The summed E-state index contributed by atoms with van der Waals surface area (Å²) in [7, 11) is 1.65. The van der Waals surface area contributed by atoms with Crippen LogP contribution in [0.5, 0.6) is 0 Å². The summed E-state index contributed by atoms with van der Waals surface area (Å²) in [4.78, 5) is 4.36. The van der Waals surface area contributed by atoms with Crippen molar-refractivity contribution in [2.75, 3.05) is 13.7 Å². The summed E-state index contributed by atoms with van der Waals surface area (Å²) in [6, 6.07) is 0. The van der Waals surface area contributed by atoms with Crippen LogP contribution in [0.4, 0.5) is 0 Å². The van der Waals surface area contributed by atoms with Crippen LogP contribution in [0.15, 0.2) is 4.52 Å². The van der Waals surface area contributed by atoms with Crippen molar-refractivity contribution in [1.29, 1.82) is 0 Å². The Kier molecular flexibility index (Phi) is 4.04. The maximum Gasteiger partial charge on any atom is 0.233 e. The van der Waals surface area contributed by atoms with E-state index in [0.717, 1.165) is 0 Å². The Bertz CT molecular complexity index is 334. The molecule has 0 saturated carbocycles. The molecule has 2 N–H and O–H groups in total. The topological polar surface area (TPSA) is 74.2 Å². The van der Waals surface area contributed by atoms with Gasteiger partial charge in [-0.2, -0.15) is 4.98 Å². The van der Waals surface area contributed by atoms with Gasteiger partial charge in [0.1, 0.15) is 6.10 Å². The van der Waals surface area contributed by atoms with Crippen LogP contribution in [0.1, 0.15) is 45.5 Å². The first-order valence-electron chi connectivity index (χ1n) is 5.49. The van der Waals surface area contributed by atoms with Crippen molar-refractivity contribution in [1.82, 2.24) is 10.1 Å². The third kappa shape index (κ3) is 2.59. The van der Waals surface area contributed by atoms with Gasteiger partial charge in [-0.05, 0) is 19.8 Å². The normalized spacial score (nSPS) is 14.4. The van der Waals surface area contributed by atoms with Gasteiger partial charge in [0.15, 0.2) is 0 Å². The van der Waals surface area contributed by atoms with Crippen LogP contribution < -0.4 is 5.73 Å². The van der Waals surface area contributed by atoms with Gasteiger partial charge in [-0.1, -0.05) is 19.0 Å². The van der Waals surface area contributed by atoms with E-state index in [4.69, 9.17) is 15.0 Å². The highest BCUT2D eigenvalue weighted by molar-refractivity contribution is 5.03. The molecule has 1 atom stereocenters. The van der Waals surface area contributed by atoms with Crippen LogP contribution in [0.25, 0.3) is 0 Å². The molecule has 0 aromatic carbocycles. The molecule has 1 heterocycles. The molecule has 16 heavy (non-hydrogen) atoms. The van der Waals surface area contributed by atoms with E-state index in [9.17, 15) is 0 Å². The Hall–Kier alpha value is -0.940. The van der Waals surface area contributed by atoms with Gasteiger partial charge in [0, 0.05) is 13.7 Å². The highest BCUT2D eigenvalue weighted by atomic mass is 16.5. The van der Waals surface area contributed by atoms with Crippen LogP contribution in [0.2, 0.25) is 0 Å². The van der Waals surface area contributed by atoms with Crippen LogP contribution in [-0.4, -0.2) is 23.8 Å². The van der Waals surface area contributed by atoms with Gasteiger partial charge in [0.2, 0.25) is 11.7 Å². The Labute approximate surface area is 96.4 Å². The first-order valence-corrected chi connectivity index (χ1v) is 5.49. The van der Waals surface area contributed by atoms with Crippen molar-refractivity contribution in [3.63, 3.8) is 0 Å². The van der Waals surface area contributed by atoms with Gasteiger partial charge >= 0.3 is 0 Å². The minimum Gasteiger partial charge on any atom is -0.373 e. The molecule has 0 aliphatic rings. The minimum atomic E-state index is -0.291. The van der Waals surface area contributed by atoms with E-state index in [1.54, 1.807) is 7.11 Å². The molecule has 0 bridgehead atoms. The summed E-state index contributed by atoms with van der Waals surface area (Å²) in [5.41, 5.74) is 5.37. The SMILES string of the molecule is COC(c1noc(C(C)(C)CN)n1)C(C)C. The van der Waals surface area contributed by atoms with Crippen molar-refractivity contribution >= 4 is 0 Å². The second kappa shape index (κ2) is 4.93. The fourth-order valence-corrected chi connectivity index (χ4v) is 1.39. The molecule has 0 spiro atoms. The lowest BCUT2D eigenvalue weighted by Crippen LogP contribution is -2.28. The van der Waals surface area contributed by atoms with Gasteiger partial charge in [0.25, 0.3) is 0 Å². The standard InChI is InChI=1S/C11H21N3O2/c1-7(2)8(15-5)9-13-10(16-14-9)11(3,4)6-12/h7-8H,6,12H2,1-5H3. The molecule has 5 nitrogen and oxygen atoms in total. The predicted molar refractivity (Wildman–Crippen MR) is 61.0 cm³/mol. The van der Waals surface area contributed by atoms with Crippen molar-refractivity contribution in [3.05, 3.63) is 11.7 Å². The van der Waals surface area contributed by atoms with E-state index in [0.29, 0.717) is 24.2 Å². The average molecular weight is 227 g/mol. The number of ether oxygens (including phenoxy) is 1. The number of hydrogen-bond acceptors (Lipinski definition) is 5. The average Bonchev–Trinajstić information content (AvgIpc) is 2.68. The molecule has 0 aliphatic heterocycles. The van der Waals surface area contributed by atoms with Gasteiger partial charge in [0.05, 0.1) is 5.41 Å². The Morgan fingerprint density at radius 2 is 2.06 bits per heavy atom.